The van der Waals surface area contributed by atoms with Crippen LogP contribution in [0.5, 0.6) is 0 Å². The van der Waals surface area contributed by atoms with Crippen LogP contribution in [0.15, 0.2) is 23.4 Å². The van der Waals surface area contributed by atoms with Crippen LogP contribution in [0.3, 0.4) is 0 Å². The quantitative estimate of drug-likeness (QED) is 0.167. The van der Waals surface area contributed by atoms with Gasteiger partial charge >= 0.3 is 5.97 Å². The van der Waals surface area contributed by atoms with Crippen LogP contribution in [-0.4, -0.2) is 20.7 Å². The molecule has 0 saturated heterocycles. The standard InChI is InChI=1S/C20H38O2Si/c1-6-10-15-20(18-23(7-2,8-3)9-4)16-13-11-12-14-17-22-19(5)21/h11,13,18H,6-10,12,14-17H2,1-5H3/b13-11+,20-18+. The fourth-order valence-corrected chi connectivity index (χ4v) is 6.14. The summed E-state index contributed by atoms with van der Waals surface area (Å²) in [6, 6.07) is 4.09. The van der Waals surface area contributed by atoms with Crippen molar-refractivity contribution in [3.05, 3.63) is 23.4 Å². The lowest BCUT2D eigenvalue weighted by atomic mass is 10.1. The van der Waals surface area contributed by atoms with E-state index in [0.717, 1.165) is 19.3 Å². The average Bonchev–Trinajstić information content (AvgIpc) is 2.55. The molecule has 0 radical (unpaired) electrons. The molecule has 134 valence electrons. The van der Waals surface area contributed by atoms with Crippen molar-refractivity contribution in [1.82, 2.24) is 0 Å². The number of hydrogen-bond donors (Lipinski definition) is 0. The van der Waals surface area contributed by atoms with Crippen LogP contribution in [0.1, 0.15) is 73.1 Å². The van der Waals surface area contributed by atoms with Gasteiger partial charge in [0.1, 0.15) is 0 Å². The fraction of sp³-hybridized carbons (Fsp3) is 0.750. The Morgan fingerprint density at radius 3 is 2.17 bits per heavy atom. The van der Waals surface area contributed by atoms with Crippen molar-refractivity contribution in [2.45, 2.75) is 91.3 Å². The van der Waals surface area contributed by atoms with Gasteiger partial charge in [0.05, 0.1) is 14.7 Å². The zero-order chi connectivity index (χ0) is 17.6. The maximum Gasteiger partial charge on any atom is 0.302 e. The SMILES string of the molecule is CCCC/C(=C\[Si](CC)(CC)CC)C/C=C/CCCOC(C)=O. The third-order valence-corrected chi connectivity index (χ3v) is 10.1. The van der Waals surface area contributed by atoms with E-state index in [9.17, 15) is 4.79 Å². The number of esters is 1. The van der Waals surface area contributed by atoms with Gasteiger partial charge in [-0.15, -0.1) is 0 Å². The lowest BCUT2D eigenvalue weighted by Gasteiger charge is -2.25. The van der Waals surface area contributed by atoms with Gasteiger partial charge in [0.2, 0.25) is 0 Å². The zero-order valence-corrected chi connectivity index (χ0v) is 17.1. The minimum absolute atomic E-state index is 0.182. The van der Waals surface area contributed by atoms with Gasteiger partial charge in [-0.2, -0.15) is 0 Å². The van der Waals surface area contributed by atoms with Crippen molar-refractivity contribution < 1.29 is 9.53 Å². The molecular weight excluding hydrogens is 300 g/mol. The molecule has 2 nitrogen and oxygen atoms in total. The summed E-state index contributed by atoms with van der Waals surface area (Å²) in [6.07, 6.45) is 11.4. The van der Waals surface area contributed by atoms with Gasteiger partial charge in [-0.3, -0.25) is 4.79 Å². The van der Waals surface area contributed by atoms with Crippen molar-refractivity contribution >= 4 is 14.0 Å². The number of carbonyl (C=O) groups excluding carboxylic acids is 1. The van der Waals surface area contributed by atoms with Crippen molar-refractivity contribution in [3.8, 4) is 0 Å². The molecule has 0 saturated carbocycles. The molecule has 0 rings (SSSR count). The van der Waals surface area contributed by atoms with E-state index in [2.05, 4.69) is 45.5 Å². The Kier molecular flexibility index (Phi) is 13.1. The molecule has 0 aliphatic rings. The van der Waals surface area contributed by atoms with Gasteiger partial charge < -0.3 is 4.74 Å². The first kappa shape index (κ1) is 22.2. The number of hydrogen-bond acceptors (Lipinski definition) is 2. The van der Waals surface area contributed by atoms with Gasteiger partial charge in [0.15, 0.2) is 0 Å². The third-order valence-electron chi connectivity index (χ3n) is 4.84. The maximum absolute atomic E-state index is 10.7. The minimum atomic E-state index is -1.18. The Morgan fingerprint density at radius 1 is 1.00 bits per heavy atom. The smallest absolute Gasteiger partial charge is 0.302 e. The predicted octanol–water partition coefficient (Wildman–Crippen LogP) is 6.44. The molecule has 0 N–H and O–H groups in total. The van der Waals surface area contributed by atoms with E-state index >= 15 is 0 Å². The second-order valence-corrected chi connectivity index (χ2v) is 11.6. The lowest BCUT2D eigenvalue weighted by Crippen LogP contribution is -2.29. The summed E-state index contributed by atoms with van der Waals surface area (Å²) in [6.45, 7) is 11.4. The number of unbranched alkanes of at least 4 members (excludes halogenated alkanes) is 2. The molecule has 0 amide bonds. The number of carbonyl (C=O) groups is 1. The van der Waals surface area contributed by atoms with E-state index in [0.29, 0.717) is 6.61 Å². The van der Waals surface area contributed by atoms with Gasteiger partial charge in [-0.25, -0.2) is 0 Å². The van der Waals surface area contributed by atoms with Crippen LogP contribution in [0.2, 0.25) is 18.1 Å². The molecule has 0 aliphatic carbocycles. The molecular formula is C20H38O2Si. The van der Waals surface area contributed by atoms with E-state index in [4.69, 9.17) is 4.74 Å². The molecule has 0 aromatic rings. The van der Waals surface area contributed by atoms with Crippen molar-refractivity contribution in [2.24, 2.45) is 0 Å². The number of rotatable bonds is 13. The highest BCUT2D eigenvalue weighted by molar-refractivity contribution is 6.84. The van der Waals surface area contributed by atoms with Crippen LogP contribution in [0, 0.1) is 0 Å². The topological polar surface area (TPSA) is 26.3 Å². The highest BCUT2D eigenvalue weighted by Gasteiger charge is 2.24. The summed E-state index contributed by atoms with van der Waals surface area (Å²) in [5.41, 5.74) is 4.37. The summed E-state index contributed by atoms with van der Waals surface area (Å²) in [7, 11) is -1.18. The summed E-state index contributed by atoms with van der Waals surface area (Å²) in [4.78, 5) is 10.7. The molecule has 23 heavy (non-hydrogen) atoms. The van der Waals surface area contributed by atoms with Crippen LogP contribution in [-0.2, 0) is 9.53 Å². The third kappa shape index (κ3) is 10.5. The molecule has 0 atom stereocenters. The molecule has 0 aromatic heterocycles. The van der Waals surface area contributed by atoms with E-state index in [1.54, 1.807) is 5.57 Å². The van der Waals surface area contributed by atoms with Crippen LogP contribution >= 0.6 is 0 Å². The molecule has 0 spiro atoms. The summed E-state index contributed by atoms with van der Waals surface area (Å²) >= 11 is 0. The predicted molar refractivity (Wildman–Crippen MR) is 104 cm³/mol. The molecule has 3 heteroatoms. The molecule has 0 bridgehead atoms. The molecule has 0 aromatic carbocycles. The average molecular weight is 339 g/mol. The van der Waals surface area contributed by atoms with E-state index in [1.165, 1.54) is 44.3 Å². The first-order chi connectivity index (χ1) is 11.0. The van der Waals surface area contributed by atoms with Crippen molar-refractivity contribution in [1.29, 1.82) is 0 Å². The van der Waals surface area contributed by atoms with Gasteiger partial charge in [-0.1, -0.05) is 75.7 Å². The van der Waals surface area contributed by atoms with E-state index in [1.807, 2.05) is 0 Å². The fourth-order valence-electron chi connectivity index (χ4n) is 2.90. The molecule has 0 heterocycles. The first-order valence-corrected chi connectivity index (χ1v) is 12.2. The van der Waals surface area contributed by atoms with Crippen molar-refractivity contribution in [3.63, 3.8) is 0 Å². The Labute approximate surface area is 145 Å². The minimum Gasteiger partial charge on any atom is -0.466 e. The summed E-state index contributed by atoms with van der Waals surface area (Å²) in [5, 5.41) is 0. The van der Waals surface area contributed by atoms with Gasteiger partial charge in [0.25, 0.3) is 0 Å². The lowest BCUT2D eigenvalue weighted by molar-refractivity contribution is -0.141. The van der Waals surface area contributed by atoms with Crippen LogP contribution in [0.25, 0.3) is 0 Å². The summed E-state index contributed by atoms with van der Waals surface area (Å²) in [5.74, 6) is -0.182. The Balaban J connectivity index is 4.52. The normalized spacial score (nSPS) is 12.8. The van der Waals surface area contributed by atoms with E-state index < -0.39 is 8.07 Å². The number of ether oxygens (including phenoxy) is 1. The largest absolute Gasteiger partial charge is 0.466 e. The van der Waals surface area contributed by atoms with E-state index in [-0.39, 0.29) is 5.97 Å². The van der Waals surface area contributed by atoms with Crippen LogP contribution < -0.4 is 0 Å². The maximum atomic E-state index is 10.7. The molecule has 0 unspecified atom stereocenters. The molecule has 0 fully saturated rings. The Hall–Kier alpha value is -0.833. The number of allylic oxidation sites excluding steroid dienone is 3. The first-order valence-electron chi connectivity index (χ1n) is 9.52. The monoisotopic (exact) mass is 338 g/mol. The molecule has 0 aliphatic heterocycles. The summed E-state index contributed by atoms with van der Waals surface area (Å²) < 4.78 is 4.95. The van der Waals surface area contributed by atoms with Gasteiger partial charge in [-0.05, 0) is 32.1 Å². The van der Waals surface area contributed by atoms with Gasteiger partial charge in [0, 0.05) is 6.92 Å². The van der Waals surface area contributed by atoms with Crippen LogP contribution in [0.4, 0.5) is 0 Å². The second-order valence-electron chi connectivity index (χ2n) is 6.49. The van der Waals surface area contributed by atoms with Crippen molar-refractivity contribution in [2.75, 3.05) is 6.61 Å². The highest BCUT2D eigenvalue weighted by atomic mass is 28.3. The zero-order valence-electron chi connectivity index (χ0n) is 16.1. The Morgan fingerprint density at radius 2 is 1.65 bits per heavy atom. The Bertz CT molecular complexity index is 360. The highest BCUT2D eigenvalue weighted by Crippen LogP contribution is 2.26. The second kappa shape index (κ2) is 13.6.